The summed E-state index contributed by atoms with van der Waals surface area (Å²) in [6, 6.07) is 19.9. The Morgan fingerprint density at radius 3 is 2.55 bits per heavy atom. The molecular weight excluding hydrogens is 456 g/mol. The summed E-state index contributed by atoms with van der Waals surface area (Å²) in [6.07, 6.45) is 1.54. The normalized spacial score (nSPS) is 10.7. The summed E-state index contributed by atoms with van der Waals surface area (Å²) in [5.74, 6) is 0.841. The Morgan fingerprint density at radius 1 is 1.14 bits per heavy atom. The number of carbonyl (C=O) groups excluding carboxylic acids is 1. The number of ether oxygens (including phenoxy) is 2. The third kappa shape index (κ3) is 5.82. The molecule has 0 radical (unpaired) electrons. The smallest absolute Gasteiger partial charge is 0.271 e. The molecule has 1 amide bonds. The van der Waals surface area contributed by atoms with Crippen molar-refractivity contribution >= 4 is 39.7 Å². The Labute approximate surface area is 182 Å². The minimum Gasteiger partial charge on any atom is -0.493 e. The number of rotatable bonds is 7. The van der Waals surface area contributed by atoms with Gasteiger partial charge in [0.15, 0.2) is 11.5 Å². The number of nitrogens with one attached hydrogen (secondary N) is 1. The van der Waals surface area contributed by atoms with Crippen molar-refractivity contribution in [2.45, 2.75) is 6.61 Å². The van der Waals surface area contributed by atoms with Gasteiger partial charge in [-0.1, -0.05) is 41.9 Å². The van der Waals surface area contributed by atoms with Crippen molar-refractivity contribution in [3.63, 3.8) is 0 Å². The molecule has 0 fully saturated rings. The lowest BCUT2D eigenvalue weighted by Crippen LogP contribution is -2.17. The molecule has 0 aliphatic carbocycles. The highest BCUT2D eigenvalue weighted by atomic mass is 79.9. The third-order valence-electron chi connectivity index (χ3n) is 3.96. The van der Waals surface area contributed by atoms with Crippen LogP contribution in [0.4, 0.5) is 0 Å². The summed E-state index contributed by atoms with van der Waals surface area (Å²) in [7, 11) is 1.56. The van der Waals surface area contributed by atoms with Gasteiger partial charge >= 0.3 is 0 Å². The van der Waals surface area contributed by atoms with Crippen LogP contribution in [0, 0.1) is 0 Å². The Balaban J connectivity index is 1.68. The molecule has 0 heterocycles. The fourth-order valence-electron chi connectivity index (χ4n) is 2.51. The van der Waals surface area contributed by atoms with E-state index in [0.29, 0.717) is 33.2 Å². The molecule has 0 saturated carbocycles. The first-order chi connectivity index (χ1) is 14.1. The largest absolute Gasteiger partial charge is 0.493 e. The van der Waals surface area contributed by atoms with Gasteiger partial charge in [-0.15, -0.1) is 0 Å². The fourth-order valence-corrected chi connectivity index (χ4v) is 3.21. The number of hydrogen-bond acceptors (Lipinski definition) is 4. The Hall–Kier alpha value is -2.83. The summed E-state index contributed by atoms with van der Waals surface area (Å²) in [6.45, 7) is 0.368. The molecule has 0 bridgehead atoms. The number of carbonyl (C=O) groups is 1. The summed E-state index contributed by atoms with van der Waals surface area (Å²) in [5, 5.41) is 4.69. The van der Waals surface area contributed by atoms with Crippen LogP contribution in [-0.4, -0.2) is 19.2 Å². The van der Waals surface area contributed by atoms with Gasteiger partial charge in [-0.05, 0) is 63.5 Å². The van der Waals surface area contributed by atoms with Gasteiger partial charge in [-0.2, -0.15) is 5.10 Å². The van der Waals surface area contributed by atoms with Crippen LogP contribution in [0.1, 0.15) is 21.5 Å². The van der Waals surface area contributed by atoms with E-state index in [9.17, 15) is 4.79 Å². The van der Waals surface area contributed by atoms with E-state index in [1.54, 1.807) is 37.4 Å². The van der Waals surface area contributed by atoms with E-state index in [1.807, 2.05) is 36.4 Å². The summed E-state index contributed by atoms with van der Waals surface area (Å²) < 4.78 is 12.1. The Kier molecular flexibility index (Phi) is 7.27. The fraction of sp³-hybridized carbons (Fsp3) is 0.0909. The van der Waals surface area contributed by atoms with Gasteiger partial charge in [0.1, 0.15) is 6.61 Å². The lowest BCUT2D eigenvalue weighted by Gasteiger charge is -2.13. The first-order valence-corrected chi connectivity index (χ1v) is 9.87. The highest BCUT2D eigenvalue weighted by molar-refractivity contribution is 9.10. The molecule has 3 aromatic rings. The van der Waals surface area contributed by atoms with Gasteiger partial charge in [0.05, 0.1) is 17.8 Å². The maximum absolute atomic E-state index is 12.0. The van der Waals surface area contributed by atoms with E-state index in [2.05, 4.69) is 26.5 Å². The van der Waals surface area contributed by atoms with Crippen molar-refractivity contribution in [1.82, 2.24) is 5.43 Å². The van der Waals surface area contributed by atoms with E-state index in [4.69, 9.17) is 21.1 Å². The standard InChI is InChI=1S/C22H18BrClN2O3/c1-28-20-12-16(13-25-26-22(27)17-5-3-2-4-6-17)11-19(23)21(20)29-14-15-7-9-18(24)10-8-15/h2-13H,14H2,1H3,(H,26,27)/b25-13-. The molecule has 0 spiro atoms. The monoisotopic (exact) mass is 472 g/mol. The van der Waals surface area contributed by atoms with Crippen molar-refractivity contribution in [2.75, 3.05) is 7.11 Å². The minimum absolute atomic E-state index is 0.282. The van der Waals surface area contributed by atoms with Crippen LogP contribution in [0.2, 0.25) is 5.02 Å². The lowest BCUT2D eigenvalue weighted by molar-refractivity contribution is 0.0955. The van der Waals surface area contributed by atoms with E-state index in [1.165, 1.54) is 6.21 Å². The Morgan fingerprint density at radius 2 is 1.86 bits per heavy atom. The summed E-state index contributed by atoms with van der Waals surface area (Å²) in [4.78, 5) is 12.0. The van der Waals surface area contributed by atoms with Crippen LogP contribution in [0.3, 0.4) is 0 Å². The molecule has 0 saturated heterocycles. The van der Waals surface area contributed by atoms with Crippen LogP contribution < -0.4 is 14.9 Å². The van der Waals surface area contributed by atoms with Gasteiger partial charge in [-0.25, -0.2) is 5.43 Å². The van der Waals surface area contributed by atoms with Crippen LogP contribution in [0.25, 0.3) is 0 Å². The number of methoxy groups -OCH3 is 1. The molecule has 3 aromatic carbocycles. The second kappa shape index (κ2) is 10.1. The number of halogens is 2. The SMILES string of the molecule is COc1cc(/C=N\NC(=O)c2ccccc2)cc(Br)c1OCc1ccc(Cl)cc1. The highest BCUT2D eigenvalue weighted by Gasteiger charge is 2.12. The quantitative estimate of drug-likeness (QED) is 0.366. The van der Waals surface area contributed by atoms with Crippen molar-refractivity contribution in [3.05, 3.63) is 92.9 Å². The first-order valence-electron chi connectivity index (χ1n) is 8.70. The third-order valence-corrected chi connectivity index (χ3v) is 4.80. The maximum atomic E-state index is 12.0. The van der Waals surface area contributed by atoms with Crippen LogP contribution in [0.15, 0.2) is 76.3 Å². The number of hydrogen-bond donors (Lipinski definition) is 1. The average Bonchev–Trinajstić information content (AvgIpc) is 2.74. The molecule has 1 N–H and O–H groups in total. The van der Waals surface area contributed by atoms with Gasteiger partial charge in [0, 0.05) is 10.6 Å². The number of hydrazone groups is 1. The van der Waals surface area contributed by atoms with Gasteiger partial charge < -0.3 is 9.47 Å². The van der Waals surface area contributed by atoms with E-state index in [-0.39, 0.29) is 5.91 Å². The predicted octanol–water partition coefficient (Wildman–Crippen LogP) is 5.45. The molecule has 0 atom stereocenters. The van der Waals surface area contributed by atoms with E-state index in [0.717, 1.165) is 11.1 Å². The van der Waals surface area contributed by atoms with Crippen LogP contribution in [0.5, 0.6) is 11.5 Å². The molecule has 0 unspecified atom stereocenters. The predicted molar refractivity (Wildman–Crippen MR) is 118 cm³/mol. The molecule has 3 rings (SSSR count). The van der Waals surface area contributed by atoms with E-state index >= 15 is 0 Å². The first kappa shape index (κ1) is 20.9. The van der Waals surface area contributed by atoms with Crippen LogP contribution >= 0.6 is 27.5 Å². The Bertz CT molecular complexity index is 1010. The molecule has 7 heteroatoms. The topological polar surface area (TPSA) is 59.9 Å². The van der Waals surface area contributed by atoms with Gasteiger partial charge in [-0.3, -0.25) is 4.79 Å². The molecule has 148 valence electrons. The zero-order valence-corrected chi connectivity index (χ0v) is 17.9. The summed E-state index contributed by atoms with van der Waals surface area (Å²) in [5.41, 5.74) is 4.76. The second-order valence-electron chi connectivity index (χ2n) is 6.01. The zero-order chi connectivity index (χ0) is 20.6. The molecule has 0 aromatic heterocycles. The lowest BCUT2D eigenvalue weighted by atomic mass is 10.2. The second-order valence-corrected chi connectivity index (χ2v) is 7.31. The number of benzene rings is 3. The molecular formula is C22H18BrClN2O3. The minimum atomic E-state index is -0.282. The summed E-state index contributed by atoms with van der Waals surface area (Å²) >= 11 is 9.41. The van der Waals surface area contributed by atoms with Gasteiger partial charge in [0.2, 0.25) is 0 Å². The molecule has 0 aliphatic rings. The van der Waals surface area contributed by atoms with Crippen LogP contribution in [-0.2, 0) is 6.61 Å². The van der Waals surface area contributed by atoms with Crippen molar-refractivity contribution in [3.8, 4) is 11.5 Å². The zero-order valence-electron chi connectivity index (χ0n) is 15.6. The molecule has 29 heavy (non-hydrogen) atoms. The number of nitrogens with zero attached hydrogens (tertiary/aromatic N) is 1. The van der Waals surface area contributed by atoms with Crippen molar-refractivity contribution < 1.29 is 14.3 Å². The molecule has 0 aliphatic heterocycles. The van der Waals surface area contributed by atoms with Crippen molar-refractivity contribution in [1.29, 1.82) is 0 Å². The van der Waals surface area contributed by atoms with Crippen molar-refractivity contribution in [2.24, 2.45) is 5.10 Å². The number of amides is 1. The van der Waals surface area contributed by atoms with Gasteiger partial charge in [0.25, 0.3) is 5.91 Å². The maximum Gasteiger partial charge on any atom is 0.271 e. The van der Waals surface area contributed by atoms with E-state index < -0.39 is 0 Å². The molecule has 5 nitrogen and oxygen atoms in total. The highest BCUT2D eigenvalue weighted by Crippen LogP contribution is 2.36. The average molecular weight is 474 g/mol.